The largest absolute Gasteiger partial charge is 0.484 e. The van der Waals surface area contributed by atoms with Crippen LogP contribution in [0.1, 0.15) is 23.6 Å². The standard InChI is InChI=1S/C25H27F4N3O6S/c1-31(24(35)7-15-2-3-22-20(6-15)30-23(34)13-39(22,36)37)21(12-32-5-4-18(33)11-32)16-8-17(26)10-19(9-16)38-14-25(27,28)29/h2-3,6,8-10,18,21,33H,4-5,7,11-14H2,1H3,(H,30,34)/t18-,21+/m0/s1. The molecule has 2 atom stereocenters. The van der Waals surface area contributed by atoms with Crippen molar-refractivity contribution in [2.24, 2.45) is 0 Å². The molecule has 0 bridgehead atoms. The summed E-state index contributed by atoms with van der Waals surface area (Å²) in [6.45, 7) is -0.631. The van der Waals surface area contributed by atoms with Crippen LogP contribution in [0.25, 0.3) is 0 Å². The monoisotopic (exact) mass is 573 g/mol. The van der Waals surface area contributed by atoms with E-state index in [4.69, 9.17) is 4.74 Å². The minimum Gasteiger partial charge on any atom is -0.484 e. The second-order valence-corrected chi connectivity index (χ2v) is 11.6. The van der Waals surface area contributed by atoms with Gasteiger partial charge in [0.25, 0.3) is 0 Å². The number of hydrogen-bond acceptors (Lipinski definition) is 7. The molecule has 0 unspecified atom stereocenters. The number of benzene rings is 2. The number of carbonyl (C=O) groups excluding carboxylic acids is 2. The van der Waals surface area contributed by atoms with Gasteiger partial charge < -0.3 is 20.1 Å². The lowest BCUT2D eigenvalue weighted by atomic mass is 10.0. The van der Waals surface area contributed by atoms with E-state index >= 15 is 0 Å². The Kier molecular flexibility index (Phi) is 8.19. The number of anilines is 1. The molecule has 212 valence electrons. The molecule has 2 aliphatic heterocycles. The third-order valence-electron chi connectivity index (χ3n) is 6.55. The minimum absolute atomic E-state index is 0.0525. The Bertz CT molecular complexity index is 1370. The Balaban J connectivity index is 1.59. The van der Waals surface area contributed by atoms with Crippen LogP contribution >= 0.6 is 0 Å². The number of likely N-dealkylation sites (N-methyl/N-ethyl adjacent to an activating group) is 1. The number of aliphatic hydroxyl groups is 1. The fourth-order valence-electron chi connectivity index (χ4n) is 4.67. The third kappa shape index (κ3) is 7.25. The summed E-state index contributed by atoms with van der Waals surface area (Å²) in [5.41, 5.74) is 0.679. The first-order valence-corrected chi connectivity index (χ1v) is 13.7. The Labute approximate surface area is 222 Å². The average molecular weight is 574 g/mol. The second-order valence-electron chi connectivity index (χ2n) is 9.66. The average Bonchev–Trinajstić information content (AvgIpc) is 3.23. The minimum atomic E-state index is -4.63. The van der Waals surface area contributed by atoms with Crippen molar-refractivity contribution < 1.29 is 45.4 Å². The Morgan fingerprint density at radius 3 is 2.67 bits per heavy atom. The maximum absolute atomic E-state index is 14.4. The number of carbonyl (C=O) groups is 2. The van der Waals surface area contributed by atoms with Crippen LogP contribution in [0.15, 0.2) is 41.3 Å². The highest BCUT2D eigenvalue weighted by Crippen LogP contribution is 2.31. The van der Waals surface area contributed by atoms with Crippen LogP contribution in [0.5, 0.6) is 5.75 Å². The molecule has 0 saturated carbocycles. The molecule has 2 aromatic carbocycles. The van der Waals surface area contributed by atoms with E-state index in [2.05, 4.69) is 5.32 Å². The maximum Gasteiger partial charge on any atom is 0.422 e. The second kappa shape index (κ2) is 11.1. The summed E-state index contributed by atoms with van der Waals surface area (Å²) in [5.74, 6) is -3.00. The summed E-state index contributed by atoms with van der Waals surface area (Å²) < 4.78 is 81.7. The van der Waals surface area contributed by atoms with Crippen molar-refractivity contribution in [3.8, 4) is 5.75 Å². The van der Waals surface area contributed by atoms with Gasteiger partial charge in [-0.3, -0.25) is 14.5 Å². The number of aliphatic hydroxyl groups excluding tert-OH is 1. The van der Waals surface area contributed by atoms with Crippen molar-refractivity contribution in [2.45, 2.75) is 36.1 Å². The maximum atomic E-state index is 14.4. The van der Waals surface area contributed by atoms with Crippen LogP contribution in [-0.4, -0.2) is 86.5 Å². The molecule has 14 heteroatoms. The number of amides is 2. The quantitative estimate of drug-likeness (QED) is 0.466. The SMILES string of the molecule is CN(C(=O)Cc1ccc2c(c1)NC(=O)CS2(=O)=O)[C@H](CN1CC[C@H](O)C1)c1cc(F)cc(OCC(F)(F)F)c1. The summed E-state index contributed by atoms with van der Waals surface area (Å²) in [7, 11) is -2.33. The van der Waals surface area contributed by atoms with Crippen molar-refractivity contribution in [3.05, 3.63) is 53.3 Å². The summed E-state index contributed by atoms with van der Waals surface area (Å²) in [5, 5.41) is 12.4. The fraction of sp³-hybridized carbons (Fsp3) is 0.440. The normalized spacial score (nSPS) is 19.7. The number of hydrogen-bond donors (Lipinski definition) is 2. The molecule has 1 saturated heterocycles. The molecule has 0 aromatic heterocycles. The Hall–Kier alpha value is -3.23. The molecule has 2 heterocycles. The number of halogens is 4. The molecule has 2 aromatic rings. The van der Waals surface area contributed by atoms with Gasteiger partial charge in [0, 0.05) is 32.7 Å². The van der Waals surface area contributed by atoms with Crippen molar-refractivity contribution >= 4 is 27.3 Å². The van der Waals surface area contributed by atoms with E-state index in [1.807, 2.05) is 4.90 Å². The molecule has 2 amide bonds. The number of alkyl halides is 3. The van der Waals surface area contributed by atoms with Crippen LogP contribution in [-0.2, 0) is 25.8 Å². The molecule has 4 rings (SSSR count). The van der Waals surface area contributed by atoms with Gasteiger partial charge in [0.2, 0.25) is 11.8 Å². The van der Waals surface area contributed by atoms with Gasteiger partial charge in [-0.2, -0.15) is 13.2 Å². The number of fused-ring (bicyclic) bond motifs is 1. The van der Waals surface area contributed by atoms with E-state index in [0.29, 0.717) is 25.1 Å². The van der Waals surface area contributed by atoms with E-state index in [0.717, 1.165) is 12.1 Å². The Morgan fingerprint density at radius 1 is 1.26 bits per heavy atom. The zero-order valence-electron chi connectivity index (χ0n) is 20.9. The molecule has 0 radical (unpaired) electrons. The Morgan fingerprint density at radius 2 is 2.00 bits per heavy atom. The zero-order chi connectivity index (χ0) is 28.5. The number of nitrogens with zero attached hydrogens (tertiary/aromatic N) is 2. The van der Waals surface area contributed by atoms with Gasteiger partial charge in [-0.25, -0.2) is 12.8 Å². The molecule has 0 aliphatic carbocycles. The molecule has 9 nitrogen and oxygen atoms in total. The first kappa shape index (κ1) is 28.8. The molecular formula is C25H27F4N3O6S. The van der Waals surface area contributed by atoms with Crippen molar-refractivity contribution in [2.75, 3.05) is 44.4 Å². The number of β-amino-alcohol motifs (C(OH)–C–C–N with tert-alkyl or cyclic N) is 1. The molecule has 39 heavy (non-hydrogen) atoms. The van der Waals surface area contributed by atoms with Crippen molar-refractivity contribution in [3.63, 3.8) is 0 Å². The lowest BCUT2D eigenvalue weighted by Gasteiger charge is -2.32. The fourth-order valence-corrected chi connectivity index (χ4v) is 5.96. The highest BCUT2D eigenvalue weighted by atomic mass is 32.2. The predicted molar refractivity (Wildman–Crippen MR) is 131 cm³/mol. The molecule has 0 spiro atoms. The highest BCUT2D eigenvalue weighted by Gasteiger charge is 2.32. The smallest absolute Gasteiger partial charge is 0.422 e. The van der Waals surface area contributed by atoms with Gasteiger partial charge in [0.1, 0.15) is 17.3 Å². The molecule has 2 N–H and O–H groups in total. The lowest BCUT2D eigenvalue weighted by molar-refractivity contribution is -0.153. The topological polar surface area (TPSA) is 116 Å². The molecule has 2 aliphatic rings. The van der Waals surface area contributed by atoms with Gasteiger partial charge in [-0.1, -0.05) is 6.07 Å². The van der Waals surface area contributed by atoms with Crippen LogP contribution < -0.4 is 10.1 Å². The zero-order valence-corrected chi connectivity index (χ0v) is 21.7. The van der Waals surface area contributed by atoms with Gasteiger partial charge in [-0.15, -0.1) is 0 Å². The highest BCUT2D eigenvalue weighted by molar-refractivity contribution is 7.92. The summed E-state index contributed by atoms with van der Waals surface area (Å²) in [4.78, 5) is 28.2. The van der Waals surface area contributed by atoms with Crippen molar-refractivity contribution in [1.82, 2.24) is 9.80 Å². The molecular weight excluding hydrogens is 546 g/mol. The van der Waals surface area contributed by atoms with Gasteiger partial charge >= 0.3 is 6.18 Å². The van der Waals surface area contributed by atoms with E-state index in [9.17, 15) is 40.7 Å². The number of nitrogens with one attached hydrogen (secondary N) is 1. The van der Waals surface area contributed by atoms with Crippen LogP contribution in [0.3, 0.4) is 0 Å². The number of rotatable bonds is 8. The van der Waals surface area contributed by atoms with E-state index < -0.39 is 58.2 Å². The number of sulfone groups is 1. The number of ether oxygens (including phenoxy) is 1. The van der Waals surface area contributed by atoms with E-state index in [1.54, 1.807) is 0 Å². The van der Waals surface area contributed by atoms with Crippen LogP contribution in [0, 0.1) is 5.82 Å². The summed E-state index contributed by atoms with van der Waals surface area (Å²) in [6, 6.07) is 6.53. The summed E-state index contributed by atoms with van der Waals surface area (Å²) >= 11 is 0. The van der Waals surface area contributed by atoms with Crippen molar-refractivity contribution in [1.29, 1.82) is 0 Å². The van der Waals surface area contributed by atoms with Gasteiger partial charge in [-0.05, 0) is 41.8 Å². The number of likely N-dealkylation sites (tertiary alicyclic amines) is 1. The molecule has 1 fully saturated rings. The first-order valence-electron chi connectivity index (χ1n) is 12.0. The van der Waals surface area contributed by atoms with Gasteiger partial charge in [0.05, 0.1) is 29.1 Å². The third-order valence-corrected chi connectivity index (χ3v) is 8.22. The van der Waals surface area contributed by atoms with E-state index in [-0.39, 0.29) is 34.9 Å². The van der Waals surface area contributed by atoms with E-state index in [1.165, 1.54) is 36.2 Å². The first-order chi connectivity index (χ1) is 18.2. The van der Waals surface area contributed by atoms with Crippen LogP contribution in [0.2, 0.25) is 0 Å². The van der Waals surface area contributed by atoms with Crippen LogP contribution in [0.4, 0.5) is 23.2 Å². The summed E-state index contributed by atoms with van der Waals surface area (Å²) in [6.07, 6.45) is -4.91. The lowest BCUT2D eigenvalue weighted by Crippen LogP contribution is -2.39. The predicted octanol–water partition coefficient (Wildman–Crippen LogP) is 2.30. The van der Waals surface area contributed by atoms with Gasteiger partial charge in [0.15, 0.2) is 16.4 Å².